The zero-order valence-electron chi connectivity index (χ0n) is 15.7. The number of primary amides is 1. The third-order valence-electron chi connectivity index (χ3n) is 5.06. The molecule has 0 radical (unpaired) electrons. The van der Waals surface area contributed by atoms with Gasteiger partial charge in [-0.05, 0) is 36.1 Å². The van der Waals surface area contributed by atoms with Crippen molar-refractivity contribution in [2.45, 2.75) is 18.9 Å². The number of amides is 2. The number of hydrogen-bond donors (Lipinski definition) is 1. The van der Waals surface area contributed by atoms with Gasteiger partial charge in [-0.3, -0.25) is 9.59 Å². The quantitative estimate of drug-likeness (QED) is 0.671. The molecule has 1 atom stereocenters. The summed E-state index contributed by atoms with van der Waals surface area (Å²) in [6.45, 7) is 0.265. The van der Waals surface area contributed by atoms with Gasteiger partial charge >= 0.3 is 5.63 Å². The molecule has 7 nitrogen and oxygen atoms in total. The van der Waals surface area contributed by atoms with Crippen molar-refractivity contribution in [1.29, 1.82) is 0 Å². The van der Waals surface area contributed by atoms with Crippen LogP contribution in [0.3, 0.4) is 0 Å². The van der Waals surface area contributed by atoms with Gasteiger partial charge in [0.15, 0.2) is 6.61 Å². The van der Waals surface area contributed by atoms with E-state index in [1.165, 1.54) is 11.0 Å². The Bertz CT molecular complexity index is 1120. The van der Waals surface area contributed by atoms with Gasteiger partial charge in [-0.1, -0.05) is 30.3 Å². The smallest absolute Gasteiger partial charge is 0.336 e. The zero-order valence-corrected chi connectivity index (χ0v) is 15.7. The Morgan fingerprint density at radius 2 is 1.93 bits per heavy atom. The molecule has 0 saturated carbocycles. The summed E-state index contributed by atoms with van der Waals surface area (Å²) >= 11 is 0. The highest BCUT2D eigenvalue weighted by Gasteiger charge is 2.32. The summed E-state index contributed by atoms with van der Waals surface area (Å²) in [5.74, 6) is -0.406. The van der Waals surface area contributed by atoms with Gasteiger partial charge in [0, 0.05) is 24.1 Å². The van der Waals surface area contributed by atoms with E-state index in [0.717, 1.165) is 22.9 Å². The molecule has 0 bridgehead atoms. The number of likely N-dealkylation sites (tertiary alicyclic amines) is 1. The lowest BCUT2D eigenvalue weighted by atomic mass is 10.0. The van der Waals surface area contributed by atoms with Crippen LogP contribution < -0.4 is 16.1 Å². The van der Waals surface area contributed by atoms with Crippen LogP contribution in [0.5, 0.6) is 5.75 Å². The molecule has 2 N–H and O–H groups in total. The number of fused-ring (bicyclic) bond motifs is 1. The maximum Gasteiger partial charge on any atom is 0.336 e. The molecule has 4 rings (SSSR count). The number of nitrogens with two attached hydrogens (primary N) is 1. The molecule has 1 aliphatic heterocycles. The molecular formula is C22H20N2O5. The number of carbonyl (C=O) groups is 2. The van der Waals surface area contributed by atoms with E-state index in [9.17, 15) is 14.4 Å². The lowest BCUT2D eigenvalue weighted by Crippen LogP contribution is -2.45. The maximum atomic E-state index is 12.4. The van der Waals surface area contributed by atoms with Gasteiger partial charge in [0.2, 0.25) is 5.91 Å². The van der Waals surface area contributed by atoms with Crippen molar-refractivity contribution in [3.05, 3.63) is 65.0 Å². The summed E-state index contributed by atoms with van der Waals surface area (Å²) in [4.78, 5) is 37.3. The predicted molar refractivity (Wildman–Crippen MR) is 107 cm³/mol. The number of benzene rings is 2. The van der Waals surface area contributed by atoms with E-state index in [-0.39, 0.29) is 12.5 Å². The highest BCUT2D eigenvalue weighted by molar-refractivity contribution is 5.94. The van der Waals surface area contributed by atoms with Crippen molar-refractivity contribution in [2.24, 2.45) is 5.73 Å². The minimum absolute atomic E-state index is 0.224. The van der Waals surface area contributed by atoms with E-state index in [0.29, 0.717) is 24.3 Å². The normalized spacial score (nSPS) is 16.1. The van der Waals surface area contributed by atoms with Gasteiger partial charge in [0.05, 0.1) is 0 Å². The van der Waals surface area contributed by atoms with Crippen molar-refractivity contribution in [1.82, 2.24) is 4.90 Å². The van der Waals surface area contributed by atoms with E-state index >= 15 is 0 Å². The van der Waals surface area contributed by atoms with E-state index in [4.69, 9.17) is 14.9 Å². The second kappa shape index (κ2) is 7.79. The van der Waals surface area contributed by atoms with Crippen molar-refractivity contribution in [3.63, 3.8) is 0 Å². The summed E-state index contributed by atoms with van der Waals surface area (Å²) in [5.41, 5.74) is 6.93. The molecule has 148 valence electrons. The third kappa shape index (κ3) is 3.85. The summed E-state index contributed by atoms with van der Waals surface area (Å²) < 4.78 is 10.9. The Labute approximate surface area is 166 Å². The van der Waals surface area contributed by atoms with Gasteiger partial charge in [-0.25, -0.2) is 4.79 Å². The molecule has 1 aromatic heterocycles. The Hall–Kier alpha value is -3.61. The molecule has 0 spiro atoms. The molecular weight excluding hydrogens is 372 g/mol. The standard InChI is InChI=1S/C22H20N2O5/c23-22(27)18-7-4-10-24(18)20(25)13-28-15-8-9-16-17(14-5-2-1-3-6-14)12-21(26)29-19(16)11-15/h1-3,5-6,8-9,11-12,18H,4,7,10,13H2,(H2,23,27)/t18-/m0/s1. The average molecular weight is 392 g/mol. The van der Waals surface area contributed by atoms with Crippen LogP contribution in [-0.4, -0.2) is 35.9 Å². The fraction of sp³-hybridized carbons (Fsp3) is 0.227. The van der Waals surface area contributed by atoms with Crippen LogP contribution in [0.1, 0.15) is 12.8 Å². The molecule has 0 aliphatic carbocycles. The summed E-state index contributed by atoms with van der Waals surface area (Å²) in [7, 11) is 0. The fourth-order valence-electron chi connectivity index (χ4n) is 3.68. The minimum Gasteiger partial charge on any atom is -0.484 e. The molecule has 29 heavy (non-hydrogen) atoms. The van der Waals surface area contributed by atoms with Gasteiger partial charge < -0.3 is 19.8 Å². The summed E-state index contributed by atoms with van der Waals surface area (Å²) in [6, 6.07) is 15.5. The molecule has 1 saturated heterocycles. The van der Waals surface area contributed by atoms with E-state index in [1.54, 1.807) is 18.2 Å². The van der Waals surface area contributed by atoms with Gasteiger partial charge in [0.25, 0.3) is 5.91 Å². The Balaban J connectivity index is 1.56. The minimum atomic E-state index is -0.575. The molecule has 2 aromatic carbocycles. The van der Waals surface area contributed by atoms with E-state index in [2.05, 4.69) is 0 Å². The molecule has 3 aromatic rings. The molecule has 1 aliphatic rings. The second-order valence-electron chi connectivity index (χ2n) is 6.94. The van der Waals surface area contributed by atoms with Crippen LogP contribution in [0.2, 0.25) is 0 Å². The first-order valence-corrected chi connectivity index (χ1v) is 9.38. The van der Waals surface area contributed by atoms with Crippen LogP contribution in [-0.2, 0) is 9.59 Å². The first-order chi connectivity index (χ1) is 14.0. The largest absolute Gasteiger partial charge is 0.484 e. The van der Waals surface area contributed by atoms with Crippen LogP contribution >= 0.6 is 0 Å². The van der Waals surface area contributed by atoms with Gasteiger partial charge in [-0.15, -0.1) is 0 Å². The Morgan fingerprint density at radius 3 is 2.69 bits per heavy atom. The van der Waals surface area contributed by atoms with Crippen LogP contribution in [0.15, 0.2) is 63.8 Å². The number of ether oxygens (including phenoxy) is 1. The van der Waals surface area contributed by atoms with Crippen molar-refractivity contribution >= 4 is 22.8 Å². The molecule has 2 heterocycles. The van der Waals surface area contributed by atoms with E-state index < -0.39 is 17.6 Å². The topological polar surface area (TPSA) is 103 Å². The zero-order chi connectivity index (χ0) is 20.4. The van der Waals surface area contributed by atoms with Gasteiger partial charge in [-0.2, -0.15) is 0 Å². The molecule has 2 amide bonds. The highest BCUT2D eigenvalue weighted by atomic mass is 16.5. The second-order valence-corrected chi connectivity index (χ2v) is 6.94. The predicted octanol–water partition coefficient (Wildman–Crippen LogP) is 2.32. The lowest BCUT2D eigenvalue weighted by Gasteiger charge is -2.22. The van der Waals surface area contributed by atoms with Crippen molar-refractivity contribution in [2.75, 3.05) is 13.2 Å². The van der Waals surface area contributed by atoms with E-state index in [1.807, 2.05) is 30.3 Å². The number of nitrogens with zero attached hydrogens (tertiary/aromatic N) is 1. The fourth-order valence-corrected chi connectivity index (χ4v) is 3.68. The SMILES string of the molecule is NC(=O)[C@@H]1CCCN1C(=O)COc1ccc2c(-c3ccccc3)cc(=O)oc2c1. The highest BCUT2D eigenvalue weighted by Crippen LogP contribution is 2.29. The maximum absolute atomic E-state index is 12.4. The monoisotopic (exact) mass is 392 g/mol. The molecule has 7 heteroatoms. The first kappa shape index (κ1) is 18.7. The number of carbonyl (C=O) groups excluding carboxylic acids is 2. The number of rotatable bonds is 5. The molecule has 0 unspecified atom stereocenters. The van der Waals surface area contributed by atoms with Crippen LogP contribution in [0.4, 0.5) is 0 Å². The Morgan fingerprint density at radius 1 is 1.14 bits per heavy atom. The van der Waals surface area contributed by atoms with Crippen molar-refractivity contribution in [3.8, 4) is 16.9 Å². The van der Waals surface area contributed by atoms with Crippen LogP contribution in [0, 0.1) is 0 Å². The average Bonchev–Trinajstić information content (AvgIpc) is 3.22. The Kier molecular flexibility index (Phi) is 5.03. The van der Waals surface area contributed by atoms with Gasteiger partial charge in [0.1, 0.15) is 17.4 Å². The summed E-state index contributed by atoms with van der Waals surface area (Å²) in [6.07, 6.45) is 1.31. The van der Waals surface area contributed by atoms with Crippen molar-refractivity contribution < 1.29 is 18.7 Å². The van der Waals surface area contributed by atoms with Crippen LogP contribution in [0.25, 0.3) is 22.1 Å². The lowest BCUT2D eigenvalue weighted by molar-refractivity contribution is -0.138. The third-order valence-corrected chi connectivity index (χ3v) is 5.06. The first-order valence-electron chi connectivity index (χ1n) is 9.38. The summed E-state index contributed by atoms with van der Waals surface area (Å²) in [5, 5.41) is 0.766. The molecule has 1 fully saturated rings. The number of hydrogen-bond acceptors (Lipinski definition) is 5.